The molecule has 0 bridgehead atoms. The molecule has 108 valence electrons. The Morgan fingerprint density at radius 3 is 2.90 bits per heavy atom. The lowest BCUT2D eigenvalue weighted by atomic mass is 10.2. The van der Waals surface area contributed by atoms with E-state index in [0.717, 1.165) is 11.3 Å². The molecule has 1 aliphatic rings. The smallest absolute Gasteiger partial charge is 0.337 e. The van der Waals surface area contributed by atoms with Gasteiger partial charge in [0.25, 0.3) is 0 Å². The molecule has 21 heavy (non-hydrogen) atoms. The molecule has 0 aliphatic carbocycles. The molecule has 1 aliphatic heterocycles. The van der Waals surface area contributed by atoms with Gasteiger partial charge in [-0.2, -0.15) is 0 Å². The first-order chi connectivity index (χ1) is 10.1. The molecule has 0 fully saturated rings. The first-order valence-electron chi connectivity index (χ1n) is 6.15. The quantitative estimate of drug-likeness (QED) is 0.904. The summed E-state index contributed by atoms with van der Waals surface area (Å²) in [5.41, 5.74) is 1.02. The maximum Gasteiger partial charge on any atom is 0.337 e. The number of rotatable bonds is 4. The second-order valence-corrected chi connectivity index (χ2v) is 4.81. The highest BCUT2D eigenvalue weighted by Gasteiger charge is 2.13. The zero-order chi connectivity index (χ0) is 14.8. The molecule has 2 aromatic rings. The summed E-state index contributed by atoms with van der Waals surface area (Å²) >= 11 is 6.00. The van der Waals surface area contributed by atoms with Crippen LogP contribution in [0.2, 0.25) is 5.02 Å². The summed E-state index contributed by atoms with van der Waals surface area (Å²) < 4.78 is 10.5. The molecule has 3 rings (SSSR count). The third kappa shape index (κ3) is 2.85. The SMILES string of the molecule is O=C(O)c1cnc(NCc2ccc3c(c2)OCO3)c(Cl)c1. The van der Waals surface area contributed by atoms with E-state index < -0.39 is 5.97 Å². The van der Waals surface area contributed by atoms with Gasteiger partial charge < -0.3 is 19.9 Å². The van der Waals surface area contributed by atoms with E-state index in [1.807, 2.05) is 18.2 Å². The Kier molecular flexibility index (Phi) is 3.53. The van der Waals surface area contributed by atoms with Gasteiger partial charge in [-0.25, -0.2) is 9.78 Å². The van der Waals surface area contributed by atoms with Gasteiger partial charge >= 0.3 is 5.97 Å². The highest BCUT2D eigenvalue weighted by Crippen LogP contribution is 2.32. The average molecular weight is 307 g/mol. The molecule has 7 heteroatoms. The Hall–Kier alpha value is -2.47. The first-order valence-corrected chi connectivity index (χ1v) is 6.52. The van der Waals surface area contributed by atoms with Crippen LogP contribution in [0.15, 0.2) is 30.5 Å². The van der Waals surface area contributed by atoms with E-state index in [9.17, 15) is 4.79 Å². The maximum atomic E-state index is 10.8. The number of benzene rings is 1. The van der Waals surface area contributed by atoms with Crippen LogP contribution in [0.4, 0.5) is 5.82 Å². The Balaban J connectivity index is 1.71. The Labute approximate surface area is 125 Å². The number of carbonyl (C=O) groups is 1. The van der Waals surface area contributed by atoms with Crippen molar-refractivity contribution < 1.29 is 19.4 Å². The third-order valence-corrected chi connectivity index (χ3v) is 3.27. The number of aromatic nitrogens is 1. The van der Waals surface area contributed by atoms with Gasteiger partial charge in [0.15, 0.2) is 11.5 Å². The molecular formula is C14H11ClN2O4. The fraction of sp³-hybridized carbons (Fsp3) is 0.143. The number of nitrogens with one attached hydrogen (secondary N) is 1. The third-order valence-electron chi connectivity index (χ3n) is 2.99. The molecule has 0 spiro atoms. The number of hydrogen-bond donors (Lipinski definition) is 2. The summed E-state index contributed by atoms with van der Waals surface area (Å²) in [7, 11) is 0. The molecule has 2 N–H and O–H groups in total. The second-order valence-electron chi connectivity index (χ2n) is 4.40. The van der Waals surface area contributed by atoms with Crippen molar-refractivity contribution in [1.29, 1.82) is 0 Å². The fourth-order valence-electron chi connectivity index (χ4n) is 1.92. The minimum absolute atomic E-state index is 0.0497. The number of fused-ring (bicyclic) bond motifs is 1. The summed E-state index contributed by atoms with van der Waals surface area (Å²) in [4.78, 5) is 14.8. The van der Waals surface area contributed by atoms with Crippen molar-refractivity contribution in [3.8, 4) is 11.5 Å². The normalized spacial score (nSPS) is 12.2. The summed E-state index contributed by atoms with van der Waals surface area (Å²) in [6, 6.07) is 6.97. The van der Waals surface area contributed by atoms with Crippen LogP contribution >= 0.6 is 11.6 Å². The summed E-state index contributed by atoms with van der Waals surface area (Å²) in [6.07, 6.45) is 1.26. The zero-order valence-corrected chi connectivity index (χ0v) is 11.6. The van der Waals surface area contributed by atoms with E-state index in [-0.39, 0.29) is 17.4 Å². The molecular weight excluding hydrogens is 296 g/mol. The molecule has 0 unspecified atom stereocenters. The van der Waals surface area contributed by atoms with Crippen molar-refractivity contribution in [3.05, 3.63) is 46.6 Å². The standard InChI is InChI=1S/C14H11ClN2O4/c15-10-4-9(14(18)19)6-17-13(10)16-5-8-1-2-11-12(3-8)21-7-20-11/h1-4,6H,5,7H2,(H,16,17)(H,18,19). The van der Waals surface area contributed by atoms with Crippen LogP contribution in [-0.4, -0.2) is 22.9 Å². The largest absolute Gasteiger partial charge is 0.478 e. The van der Waals surface area contributed by atoms with E-state index in [2.05, 4.69) is 10.3 Å². The Morgan fingerprint density at radius 2 is 2.14 bits per heavy atom. The molecule has 1 aromatic carbocycles. The van der Waals surface area contributed by atoms with Gasteiger partial charge in [0, 0.05) is 12.7 Å². The number of carboxylic acids is 1. The number of anilines is 1. The molecule has 0 atom stereocenters. The summed E-state index contributed by atoms with van der Waals surface area (Å²) in [5, 5.41) is 12.2. The van der Waals surface area contributed by atoms with Crippen LogP contribution in [0.25, 0.3) is 0 Å². The lowest BCUT2D eigenvalue weighted by Gasteiger charge is -2.08. The zero-order valence-electron chi connectivity index (χ0n) is 10.8. The van der Waals surface area contributed by atoms with Gasteiger partial charge in [-0.1, -0.05) is 17.7 Å². The number of hydrogen-bond acceptors (Lipinski definition) is 5. The number of ether oxygens (including phenoxy) is 2. The predicted octanol–water partition coefficient (Wildman–Crippen LogP) is 2.77. The Morgan fingerprint density at radius 1 is 1.33 bits per heavy atom. The minimum Gasteiger partial charge on any atom is -0.478 e. The summed E-state index contributed by atoms with van der Waals surface area (Å²) in [5.74, 6) is 0.793. The molecule has 2 heterocycles. The van der Waals surface area contributed by atoms with E-state index in [0.29, 0.717) is 18.1 Å². The van der Waals surface area contributed by atoms with Crippen molar-refractivity contribution in [2.75, 3.05) is 12.1 Å². The van der Waals surface area contributed by atoms with Crippen molar-refractivity contribution in [3.63, 3.8) is 0 Å². The van der Waals surface area contributed by atoms with Crippen LogP contribution in [0, 0.1) is 0 Å². The van der Waals surface area contributed by atoms with Gasteiger partial charge in [-0.05, 0) is 23.8 Å². The number of aromatic carboxylic acids is 1. The minimum atomic E-state index is -1.06. The fourth-order valence-corrected chi connectivity index (χ4v) is 2.15. The first kappa shape index (κ1) is 13.5. The summed E-state index contributed by atoms with van der Waals surface area (Å²) in [6.45, 7) is 0.714. The number of halogens is 1. The van der Waals surface area contributed by atoms with Crippen LogP contribution in [-0.2, 0) is 6.54 Å². The maximum absolute atomic E-state index is 10.8. The molecule has 0 amide bonds. The van der Waals surface area contributed by atoms with Crippen LogP contribution in [0.3, 0.4) is 0 Å². The van der Waals surface area contributed by atoms with E-state index in [1.54, 1.807) is 0 Å². The predicted molar refractivity (Wildman–Crippen MR) is 76.1 cm³/mol. The molecule has 1 aromatic heterocycles. The van der Waals surface area contributed by atoms with Crippen LogP contribution < -0.4 is 14.8 Å². The van der Waals surface area contributed by atoms with Crippen LogP contribution in [0.5, 0.6) is 11.5 Å². The van der Waals surface area contributed by atoms with E-state index >= 15 is 0 Å². The lowest BCUT2D eigenvalue weighted by Crippen LogP contribution is -2.04. The van der Waals surface area contributed by atoms with E-state index in [4.69, 9.17) is 26.2 Å². The van der Waals surface area contributed by atoms with Gasteiger partial charge in [0.1, 0.15) is 5.82 Å². The Bertz CT molecular complexity index is 705. The topological polar surface area (TPSA) is 80.7 Å². The number of pyridine rings is 1. The van der Waals surface area contributed by atoms with Gasteiger partial charge in [-0.3, -0.25) is 0 Å². The van der Waals surface area contributed by atoms with Gasteiger partial charge in [0.2, 0.25) is 6.79 Å². The molecule has 0 saturated carbocycles. The highest BCUT2D eigenvalue weighted by molar-refractivity contribution is 6.33. The van der Waals surface area contributed by atoms with E-state index in [1.165, 1.54) is 12.3 Å². The number of nitrogens with zero attached hydrogens (tertiary/aromatic N) is 1. The van der Waals surface area contributed by atoms with Gasteiger partial charge in [-0.15, -0.1) is 0 Å². The second kappa shape index (κ2) is 5.49. The highest BCUT2D eigenvalue weighted by atomic mass is 35.5. The molecule has 6 nitrogen and oxygen atoms in total. The van der Waals surface area contributed by atoms with Crippen molar-refractivity contribution in [1.82, 2.24) is 4.98 Å². The number of carboxylic acid groups (broad SMARTS) is 1. The van der Waals surface area contributed by atoms with Crippen molar-refractivity contribution >= 4 is 23.4 Å². The van der Waals surface area contributed by atoms with Gasteiger partial charge in [0.05, 0.1) is 10.6 Å². The van der Waals surface area contributed by atoms with Crippen LogP contribution in [0.1, 0.15) is 15.9 Å². The molecule has 0 radical (unpaired) electrons. The monoisotopic (exact) mass is 306 g/mol. The van der Waals surface area contributed by atoms with Crippen molar-refractivity contribution in [2.45, 2.75) is 6.54 Å². The van der Waals surface area contributed by atoms with Crippen molar-refractivity contribution in [2.24, 2.45) is 0 Å². The lowest BCUT2D eigenvalue weighted by molar-refractivity contribution is 0.0696. The average Bonchev–Trinajstić information content (AvgIpc) is 2.93. The molecule has 0 saturated heterocycles.